The van der Waals surface area contributed by atoms with E-state index in [9.17, 15) is 19.5 Å². The fraction of sp³-hybridized carbons (Fsp3) is 0.0645. The second-order valence-electron chi connectivity index (χ2n) is 8.87. The maximum atomic E-state index is 13.1. The van der Waals surface area contributed by atoms with Crippen LogP contribution in [0.15, 0.2) is 109 Å². The number of benzene rings is 4. The van der Waals surface area contributed by atoms with Crippen molar-refractivity contribution in [3.63, 3.8) is 0 Å². The minimum Gasteiger partial charge on any atom is -0.548 e. The molecule has 5 rings (SSSR count). The van der Waals surface area contributed by atoms with Gasteiger partial charge < -0.3 is 25.5 Å². The van der Waals surface area contributed by atoms with E-state index in [2.05, 4.69) is 15.6 Å². The third kappa shape index (κ3) is 5.47. The monoisotopic (exact) mass is 502 g/mol. The Labute approximate surface area is 219 Å². The Hall–Kier alpha value is -5.17. The number of hydrogen-bond acceptors (Lipinski definition) is 4. The molecule has 0 aliphatic heterocycles. The lowest BCUT2D eigenvalue weighted by Gasteiger charge is -2.20. The van der Waals surface area contributed by atoms with E-state index in [1.54, 1.807) is 30.3 Å². The van der Waals surface area contributed by atoms with Crippen LogP contribution in [0.2, 0.25) is 0 Å². The van der Waals surface area contributed by atoms with Crippen molar-refractivity contribution in [2.45, 2.75) is 12.5 Å². The maximum Gasteiger partial charge on any atom is 0.255 e. The van der Waals surface area contributed by atoms with Gasteiger partial charge in [-0.25, -0.2) is 0 Å². The molecule has 0 fully saturated rings. The van der Waals surface area contributed by atoms with E-state index in [-0.39, 0.29) is 23.6 Å². The first-order chi connectivity index (χ1) is 18.5. The second kappa shape index (κ2) is 10.8. The first-order valence-corrected chi connectivity index (χ1v) is 12.1. The van der Waals surface area contributed by atoms with Crippen molar-refractivity contribution in [1.82, 2.24) is 10.3 Å². The highest BCUT2D eigenvalue weighted by Crippen LogP contribution is 2.21. The molecule has 7 heteroatoms. The number of aromatic nitrogens is 1. The molecular formula is C31H24N3O4-. The zero-order valence-corrected chi connectivity index (χ0v) is 20.3. The van der Waals surface area contributed by atoms with Gasteiger partial charge in [0.25, 0.3) is 11.8 Å². The molecule has 188 valence electrons. The summed E-state index contributed by atoms with van der Waals surface area (Å²) in [6, 6.07) is 31.5. The Kier molecular flexibility index (Phi) is 6.99. The molecule has 0 saturated heterocycles. The van der Waals surface area contributed by atoms with E-state index < -0.39 is 17.9 Å². The smallest absolute Gasteiger partial charge is 0.255 e. The number of anilines is 1. The van der Waals surface area contributed by atoms with Crippen molar-refractivity contribution in [1.29, 1.82) is 0 Å². The number of nitrogens with one attached hydrogen (secondary N) is 3. The van der Waals surface area contributed by atoms with Crippen LogP contribution in [0.1, 0.15) is 26.4 Å². The summed E-state index contributed by atoms with van der Waals surface area (Å²) >= 11 is 0. The number of carbonyl (C=O) groups excluding carboxylic acids is 3. The van der Waals surface area contributed by atoms with Crippen molar-refractivity contribution < 1.29 is 19.5 Å². The Morgan fingerprint density at radius 3 is 2.13 bits per heavy atom. The van der Waals surface area contributed by atoms with Gasteiger partial charge in [0.15, 0.2) is 0 Å². The van der Waals surface area contributed by atoms with Gasteiger partial charge in [-0.05, 0) is 52.9 Å². The van der Waals surface area contributed by atoms with Gasteiger partial charge in [0.1, 0.15) is 0 Å². The summed E-state index contributed by atoms with van der Waals surface area (Å²) < 4.78 is 0. The molecule has 0 spiro atoms. The highest BCUT2D eigenvalue weighted by atomic mass is 16.4. The Morgan fingerprint density at radius 1 is 0.737 bits per heavy atom. The summed E-state index contributed by atoms with van der Waals surface area (Å²) in [5, 5.41) is 18.1. The summed E-state index contributed by atoms with van der Waals surface area (Å²) in [6.45, 7) is 0. The number of para-hydroxylation sites is 2. The van der Waals surface area contributed by atoms with Crippen LogP contribution in [0.5, 0.6) is 0 Å². The van der Waals surface area contributed by atoms with E-state index in [1.807, 2.05) is 72.8 Å². The summed E-state index contributed by atoms with van der Waals surface area (Å²) in [6.07, 6.45) is 0.0189. The molecule has 0 unspecified atom stereocenters. The number of fused-ring (bicyclic) bond motifs is 1. The summed E-state index contributed by atoms with van der Waals surface area (Å²) in [7, 11) is 0. The van der Waals surface area contributed by atoms with Gasteiger partial charge in [-0.2, -0.15) is 0 Å². The van der Waals surface area contributed by atoms with Crippen molar-refractivity contribution in [3.8, 4) is 11.1 Å². The number of rotatable bonds is 8. The molecular weight excluding hydrogens is 478 g/mol. The molecule has 2 amide bonds. The molecule has 0 saturated carbocycles. The minimum atomic E-state index is -1.41. The summed E-state index contributed by atoms with van der Waals surface area (Å²) in [5.74, 6) is -2.43. The zero-order valence-electron chi connectivity index (χ0n) is 20.3. The van der Waals surface area contributed by atoms with Crippen LogP contribution in [0.4, 0.5) is 5.69 Å². The molecule has 1 heterocycles. The molecule has 0 bridgehead atoms. The van der Waals surface area contributed by atoms with Crippen LogP contribution < -0.4 is 15.7 Å². The highest BCUT2D eigenvalue weighted by Gasteiger charge is 2.20. The van der Waals surface area contributed by atoms with Gasteiger partial charge in [-0.1, -0.05) is 72.8 Å². The molecule has 38 heavy (non-hydrogen) atoms. The van der Waals surface area contributed by atoms with E-state index in [4.69, 9.17) is 0 Å². The average Bonchev–Trinajstić information content (AvgIpc) is 3.36. The lowest BCUT2D eigenvalue weighted by atomic mass is 10.0. The molecule has 0 aliphatic rings. The van der Waals surface area contributed by atoms with Gasteiger partial charge in [-0.3, -0.25) is 9.59 Å². The van der Waals surface area contributed by atoms with Crippen molar-refractivity contribution in [2.75, 3.05) is 5.32 Å². The van der Waals surface area contributed by atoms with Gasteiger partial charge in [0.2, 0.25) is 0 Å². The van der Waals surface area contributed by atoms with E-state index in [0.717, 1.165) is 22.0 Å². The summed E-state index contributed by atoms with van der Waals surface area (Å²) in [5.41, 5.74) is 4.37. The van der Waals surface area contributed by atoms with Crippen LogP contribution in [0.3, 0.4) is 0 Å². The highest BCUT2D eigenvalue weighted by molar-refractivity contribution is 6.09. The van der Waals surface area contributed by atoms with Crippen molar-refractivity contribution in [3.05, 3.63) is 126 Å². The predicted molar refractivity (Wildman–Crippen MR) is 145 cm³/mol. The largest absolute Gasteiger partial charge is 0.548 e. The molecule has 1 aromatic heterocycles. The number of carboxylic acids is 1. The Balaban J connectivity index is 1.30. The fourth-order valence-electron chi connectivity index (χ4n) is 4.32. The Morgan fingerprint density at radius 2 is 1.39 bits per heavy atom. The topological polar surface area (TPSA) is 114 Å². The van der Waals surface area contributed by atoms with Gasteiger partial charge >= 0.3 is 0 Å². The number of carboxylic acid groups (broad SMARTS) is 1. The number of hydrogen-bond donors (Lipinski definition) is 3. The van der Waals surface area contributed by atoms with E-state index in [1.165, 1.54) is 6.07 Å². The second-order valence-corrected chi connectivity index (χ2v) is 8.87. The first kappa shape index (κ1) is 24.5. The van der Waals surface area contributed by atoms with Crippen molar-refractivity contribution in [2.24, 2.45) is 0 Å². The number of aromatic amines is 1. The number of aliphatic carboxylic acids is 1. The van der Waals surface area contributed by atoms with Gasteiger partial charge in [0.05, 0.1) is 23.3 Å². The van der Waals surface area contributed by atoms with E-state index in [0.29, 0.717) is 11.3 Å². The molecule has 0 radical (unpaired) electrons. The molecule has 0 aliphatic carbocycles. The van der Waals surface area contributed by atoms with E-state index >= 15 is 0 Å². The molecule has 5 aromatic rings. The number of carbonyl (C=O) groups is 3. The standard InChI is InChI=1S/C31H25N3O4/c35-29(22-16-14-21(15-17-22)20-8-2-1-3-9-20)33-27-13-7-5-11-25(27)30(36)34-28(31(37)38)19-24-18-23-10-4-6-12-26(23)32-24/h1-18,28,32H,19H2,(H,33,35)(H,34,36)(H,37,38)/p-1/t28-/m0/s1. The molecule has 7 nitrogen and oxygen atoms in total. The first-order valence-electron chi connectivity index (χ1n) is 12.1. The Bertz CT molecular complexity index is 1570. The van der Waals surface area contributed by atoms with Crippen molar-refractivity contribution >= 4 is 34.4 Å². The minimum absolute atomic E-state index is 0.0189. The van der Waals surface area contributed by atoms with Crippen LogP contribution in [-0.4, -0.2) is 28.8 Å². The molecule has 4 aromatic carbocycles. The normalized spacial score (nSPS) is 11.6. The van der Waals surface area contributed by atoms with Crippen LogP contribution >= 0.6 is 0 Å². The lowest BCUT2D eigenvalue weighted by Crippen LogP contribution is -2.49. The SMILES string of the molecule is O=C(Nc1ccccc1C(=O)N[C@@H](Cc1cc2ccccc2[nH]1)C(=O)[O-])c1ccc(-c2ccccc2)cc1. The number of amides is 2. The van der Waals surface area contributed by atoms with Crippen LogP contribution in [-0.2, 0) is 11.2 Å². The van der Waals surface area contributed by atoms with Crippen LogP contribution in [0, 0.1) is 0 Å². The lowest BCUT2D eigenvalue weighted by molar-refractivity contribution is -0.308. The predicted octanol–water partition coefficient (Wildman–Crippen LogP) is 4.18. The molecule has 1 atom stereocenters. The van der Waals surface area contributed by atoms with Gasteiger partial charge in [-0.15, -0.1) is 0 Å². The third-order valence-electron chi connectivity index (χ3n) is 6.27. The third-order valence-corrected chi connectivity index (χ3v) is 6.27. The zero-order chi connectivity index (χ0) is 26.5. The number of H-pyrrole nitrogens is 1. The summed E-state index contributed by atoms with van der Waals surface area (Å²) in [4.78, 5) is 41.1. The van der Waals surface area contributed by atoms with Crippen LogP contribution in [0.25, 0.3) is 22.0 Å². The average molecular weight is 503 g/mol. The maximum absolute atomic E-state index is 13.1. The fourth-order valence-corrected chi connectivity index (χ4v) is 4.32. The molecule has 3 N–H and O–H groups in total. The quantitative estimate of drug-likeness (QED) is 0.295. The van der Waals surface area contributed by atoms with Gasteiger partial charge in [0, 0.05) is 23.2 Å².